The zero-order chi connectivity index (χ0) is 12.1. The fourth-order valence-corrected chi connectivity index (χ4v) is 2.37. The molecule has 0 unspecified atom stereocenters. The van der Waals surface area contributed by atoms with E-state index in [0.29, 0.717) is 6.61 Å². The summed E-state index contributed by atoms with van der Waals surface area (Å²) in [5, 5.41) is 0.852. The minimum atomic E-state index is 0.590. The number of halogens is 2. The van der Waals surface area contributed by atoms with Crippen LogP contribution in [0.25, 0.3) is 0 Å². The highest BCUT2D eigenvalue weighted by molar-refractivity contribution is 9.10. The lowest BCUT2D eigenvalue weighted by Gasteiger charge is -2.09. The molecule has 0 saturated carbocycles. The van der Waals surface area contributed by atoms with Gasteiger partial charge in [-0.15, -0.1) is 0 Å². The Bertz CT molecular complexity index is 483. The van der Waals surface area contributed by atoms with Crippen molar-refractivity contribution in [3.8, 4) is 5.75 Å². The molecule has 0 radical (unpaired) electrons. The molecule has 0 amide bonds. The van der Waals surface area contributed by atoms with Crippen LogP contribution in [0.1, 0.15) is 11.1 Å². The fourth-order valence-electron chi connectivity index (χ4n) is 1.48. The van der Waals surface area contributed by atoms with Gasteiger partial charge in [-0.05, 0) is 39.2 Å². The molecular formula is C14H12Br2O. The van der Waals surface area contributed by atoms with E-state index in [9.17, 15) is 0 Å². The fraction of sp³-hybridized carbons (Fsp3) is 0.143. The Balaban J connectivity index is 2.04. The molecule has 0 aromatic heterocycles. The van der Waals surface area contributed by atoms with Crippen molar-refractivity contribution in [3.63, 3.8) is 0 Å². The molecule has 88 valence electrons. The van der Waals surface area contributed by atoms with E-state index < -0.39 is 0 Å². The zero-order valence-electron chi connectivity index (χ0n) is 9.20. The summed E-state index contributed by atoms with van der Waals surface area (Å²) in [6.45, 7) is 0.590. The van der Waals surface area contributed by atoms with E-state index in [1.54, 1.807) is 0 Å². The summed E-state index contributed by atoms with van der Waals surface area (Å²) in [7, 11) is 0. The van der Waals surface area contributed by atoms with Crippen molar-refractivity contribution in [2.45, 2.75) is 11.9 Å². The van der Waals surface area contributed by atoms with E-state index in [1.165, 1.54) is 11.1 Å². The standard InChI is InChI=1S/C14H12Br2O/c15-9-12-6-7-14(13(16)8-12)17-10-11-4-2-1-3-5-11/h1-8H,9-10H2. The van der Waals surface area contributed by atoms with Crippen LogP contribution in [0, 0.1) is 0 Å². The minimum Gasteiger partial charge on any atom is -0.488 e. The Labute approximate surface area is 118 Å². The van der Waals surface area contributed by atoms with Crippen LogP contribution < -0.4 is 4.74 Å². The molecule has 0 saturated heterocycles. The summed E-state index contributed by atoms with van der Waals surface area (Å²) in [6, 6.07) is 16.3. The monoisotopic (exact) mass is 354 g/mol. The van der Waals surface area contributed by atoms with Gasteiger partial charge in [0.05, 0.1) is 4.47 Å². The predicted octanol–water partition coefficient (Wildman–Crippen LogP) is 4.92. The predicted molar refractivity (Wildman–Crippen MR) is 77.5 cm³/mol. The van der Waals surface area contributed by atoms with Crippen molar-refractivity contribution in [2.75, 3.05) is 0 Å². The number of alkyl halides is 1. The van der Waals surface area contributed by atoms with Crippen LogP contribution in [0.2, 0.25) is 0 Å². The molecule has 0 aliphatic heterocycles. The number of ether oxygens (including phenoxy) is 1. The summed E-state index contributed by atoms with van der Waals surface area (Å²) in [5.74, 6) is 0.874. The second-order valence-electron chi connectivity index (χ2n) is 3.67. The van der Waals surface area contributed by atoms with Gasteiger partial charge in [-0.3, -0.25) is 0 Å². The van der Waals surface area contributed by atoms with Gasteiger partial charge in [-0.1, -0.05) is 52.3 Å². The molecule has 2 rings (SSSR count). The highest BCUT2D eigenvalue weighted by Gasteiger charge is 2.02. The van der Waals surface area contributed by atoms with Gasteiger partial charge in [-0.2, -0.15) is 0 Å². The molecule has 2 aromatic carbocycles. The van der Waals surface area contributed by atoms with Crippen molar-refractivity contribution in [1.82, 2.24) is 0 Å². The van der Waals surface area contributed by atoms with Gasteiger partial charge >= 0.3 is 0 Å². The largest absolute Gasteiger partial charge is 0.488 e. The quantitative estimate of drug-likeness (QED) is 0.707. The van der Waals surface area contributed by atoms with Gasteiger partial charge in [0.1, 0.15) is 12.4 Å². The Morgan fingerprint density at radius 2 is 1.71 bits per heavy atom. The summed E-state index contributed by atoms with van der Waals surface area (Å²) in [5.41, 5.74) is 2.40. The van der Waals surface area contributed by atoms with Crippen LogP contribution in [-0.4, -0.2) is 0 Å². The van der Waals surface area contributed by atoms with Crippen molar-refractivity contribution >= 4 is 31.9 Å². The lowest BCUT2D eigenvalue weighted by atomic mass is 10.2. The van der Waals surface area contributed by atoms with Crippen LogP contribution in [0.5, 0.6) is 5.75 Å². The van der Waals surface area contributed by atoms with E-state index >= 15 is 0 Å². The molecular weight excluding hydrogens is 344 g/mol. The van der Waals surface area contributed by atoms with Crippen LogP contribution in [0.15, 0.2) is 53.0 Å². The van der Waals surface area contributed by atoms with Gasteiger partial charge in [0.2, 0.25) is 0 Å². The molecule has 0 N–H and O–H groups in total. The summed E-state index contributed by atoms with van der Waals surface area (Å²) < 4.78 is 6.75. The van der Waals surface area contributed by atoms with Gasteiger partial charge < -0.3 is 4.74 Å². The molecule has 0 atom stereocenters. The number of hydrogen-bond acceptors (Lipinski definition) is 1. The van der Waals surface area contributed by atoms with Crippen molar-refractivity contribution in [2.24, 2.45) is 0 Å². The second-order valence-corrected chi connectivity index (χ2v) is 5.09. The summed E-state index contributed by atoms with van der Waals surface area (Å²) >= 11 is 6.95. The van der Waals surface area contributed by atoms with Crippen LogP contribution in [0.4, 0.5) is 0 Å². The summed E-state index contributed by atoms with van der Waals surface area (Å²) in [4.78, 5) is 0. The molecule has 0 bridgehead atoms. The molecule has 3 heteroatoms. The Morgan fingerprint density at radius 3 is 2.35 bits per heavy atom. The molecule has 1 nitrogen and oxygen atoms in total. The van der Waals surface area contributed by atoms with E-state index in [2.05, 4.69) is 56.1 Å². The third-order valence-electron chi connectivity index (χ3n) is 2.39. The maximum atomic E-state index is 5.76. The third-order valence-corrected chi connectivity index (χ3v) is 3.65. The van der Waals surface area contributed by atoms with Crippen molar-refractivity contribution in [3.05, 3.63) is 64.1 Å². The van der Waals surface area contributed by atoms with E-state index in [-0.39, 0.29) is 0 Å². The maximum Gasteiger partial charge on any atom is 0.134 e. The number of hydrogen-bond donors (Lipinski definition) is 0. The topological polar surface area (TPSA) is 9.23 Å². The molecule has 0 heterocycles. The van der Waals surface area contributed by atoms with Gasteiger partial charge in [0.15, 0.2) is 0 Å². The highest BCUT2D eigenvalue weighted by atomic mass is 79.9. The van der Waals surface area contributed by atoms with Crippen molar-refractivity contribution in [1.29, 1.82) is 0 Å². The highest BCUT2D eigenvalue weighted by Crippen LogP contribution is 2.27. The first-order valence-corrected chi connectivity index (χ1v) is 7.22. The van der Waals surface area contributed by atoms with Crippen LogP contribution >= 0.6 is 31.9 Å². The molecule has 0 spiro atoms. The SMILES string of the molecule is BrCc1ccc(OCc2ccccc2)c(Br)c1. The molecule has 17 heavy (non-hydrogen) atoms. The minimum absolute atomic E-state index is 0.590. The summed E-state index contributed by atoms with van der Waals surface area (Å²) in [6.07, 6.45) is 0. The Morgan fingerprint density at radius 1 is 0.941 bits per heavy atom. The molecule has 0 aliphatic rings. The van der Waals surface area contributed by atoms with Gasteiger partial charge in [0, 0.05) is 5.33 Å². The first-order chi connectivity index (χ1) is 8.29. The van der Waals surface area contributed by atoms with Gasteiger partial charge in [0.25, 0.3) is 0 Å². The van der Waals surface area contributed by atoms with Crippen molar-refractivity contribution < 1.29 is 4.74 Å². The Hall–Kier alpha value is -0.800. The first kappa shape index (κ1) is 12.7. The zero-order valence-corrected chi connectivity index (χ0v) is 12.4. The van der Waals surface area contributed by atoms with Crippen LogP contribution in [-0.2, 0) is 11.9 Å². The maximum absolute atomic E-state index is 5.76. The average molecular weight is 356 g/mol. The second kappa shape index (κ2) is 6.22. The van der Waals surface area contributed by atoms with E-state index in [1.807, 2.05) is 24.3 Å². The number of benzene rings is 2. The number of rotatable bonds is 4. The average Bonchev–Trinajstić information content (AvgIpc) is 2.38. The Kier molecular flexibility index (Phi) is 4.63. The van der Waals surface area contributed by atoms with Gasteiger partial charge in [-0.25, -0.2) is 0 Å². The lowest BCUT2D eigenvalue weighted by Crippen LogP contribution is -1.96. The molecule has 2 aromatic rings. The smallest absolute Gasteiger partial charge is 0.134 e. The lowest BCUT2D eigenvalue weighted by molar-refractivity contribution is 0.304. The molecule has 0 aliphatic carbocycles. The third kappa shape index (κ3) is 3.58. The van der Waals surface area contributed by atoms with Crippen LogP contribution in [0.3, 0.4) is 0 Å². The first-order valence-electron chi connectivity index (χ1n) is 5.30. The molecule has 0 fully saturated rings. The normalized spacial score (nSPS) is 10.2. The van der Waals surface area contributed by atoms with E-state index in [0.717, 1.165) is 15.6 Å². The van der Waals surface area contributed by atoms with E-state index in [4.69, 9.17) is 4.74 Å².